The Morgan fingerprint density at radius 2 is 2.00 bits per heavy atom. The first-order chi connectivity index (χ1) is 11.6. The van der Waals surface area contributed by atoms with Crippen molar-refractivity contribution >= 4 is 10.8 Å². The van der Waals surface area contributed by atoms with E-state index in [-0.39, 0.29) is 11.3 Å². The molecule has 1 aromatic carbocycles. The zero-order chi connectivity index (χ0) is 17.1. The zero-order valence-electron chi connectivity index (χ0n) is 13.5. The molecule has 0 saturated carbocycles. The fourth-order valence-corrected chi connectivity index (χ4v) is 2.45. The number of nitrogens with zero attached hydrogens (tertiary/aromatic N) is 3. The van der Waals surface area contributed by atoms with Gasteiger partial charge in [-0.3, -0.25) is 4.98 Å². The third kappa shape index (κ3) is 3.33. The van der Waals surface area contributed by atoms with Crippen molar-refractivity contribution in [3.63, 3.8) is 0 Å². The van der Waals surface area contributed by atoms with E-state index in [1.165, 1.54) is 6.07 Å². The van der Waals surface area contributed by atoms with E-state index in [2.05, 4.69) is 9.97 Å². The maximum absolute atomic E-state index is 14.4. The second kappa shape index (κ2) is 6.88. The molecule has 0 N–H and O–H groups in total. The van der Waals surface area contributed by atoms with Gasteiger partial charge in [0.05, 0.1) is 5.39 Å². The second-order valence-electron chi connectivity index (χ2n) is 5.68. The summed E-state index contributed by atoms with van der Waals surface area (Å²) in [5.74, 6) is -1.17. The molecule has 0 amide bonds. The number of ether oxygens (including phenoxy) is 1. The molecule has 0 atom stereocenters. The van der Waals surface area contributed by atoms with Crippen molar-refractivity contribution in [2.75, 3.05) is 27.2 Å². The number of likely N-dealkylation sites (N-methyl/N-ethyl adjacent to an activating group) is 1. The zero-order valence-corrected chi connectivity index (χ0v) is 13.5. The maximum atomic E-state index is 14.4. The molecular weight excluding hydrogens is 312 g/mol. The van der Waals surface area contributed by atoms with E-state index in [1.54, 1.807) is 24.7 Å². The molecule has 24 heavy (non-hydrogen) atoms. The molecule has 3 rings (SSSR count). The molecule has 0 radical (unpaired) electrons. The number of hydrogen-bond donors (Lipinski definition) is 0. The minimum Gasteiger partial charge on any atom is -0.476 e. The van der Waals surface area contributed by atoms with E-state index < -0.39 is 11.6 Å². The number of rotatable bonds is 5. The Morgan fingerprint density at radius 1 is 1.17 bits per heavy atom. The van der Waals surface area contributed by atoms with Crippen molar-refractivity contribution in [3.8, 4) is 17.0 Å². The van der Waals surface area contributed by atoms with E-state index in [0.29, 0.717) is 24.1 Å². The van der Waals surface area contributed by atoms with Gasteiger partial charge in [-0.25, -0.2) is 13.8 Å². The van der Waals surface area contributed by atoms with E-state index in [1.807, 2.05) is 25.1 Å². The molecule has 0 aliphatic carbocycles. The first-order valence-corrected chi connectivity index (χ1v) is 7.52. The van der Waals surface area contributed by atoms with Crippen LogP contribution in [0.5, 0.6) is 5.88 Å². The van der Waals surface area contributed by atoms with Gasteiger partial charge in [0, 0.05) is 47.7 Å². The number of hydrogen-bond acceptors (Lipinski definition) is 4. The SMILES string of the molecule is CN(C)CCOc1ncc(-c2cccnc2)c2cc(F)cc(F)c12. The van der Waals surface area contributed by atoms with E-state index in [4.69, 9.17) is 4.74 Å². The largest absolute Gasteiger partial charge is 0.476 e. The van der Waals surface area contributed by atoms with Crippen molar-refractivity contribution in [1.82, 2.24) is 14.9 Å². The normalized spacial score (nSPS) is 11.2. The molecule has 6 heteroatoms. The molecule has 0 spiro atoms. The molecule has 2 heterocycles. The van der Waals surface area contributed by atoms with Crippen LogP contribution in [0.2, 0.25) is 0 Å². The molecule has 2 aromatic heterocycles. The number of halogens is 2. The highest BCUT2D eigenvalue weighted by atomic mass is 19.1. The summed E-state index contributed by atoms with van der Waals surface area (Å²) in [5.41, 5.74) is 1.34. The van der Waals surface area contributed by atoms with Crippen LogP contribution in [0.4, 0.5) is 8.78 Å². The van der Waals surface area contributed by atoms with Crippen LogP contribution in [0, 0.1) is 11.6 Å². The minimum absolute atomic E-state index is 0.164. The molecule has 0 bridgehead atoms. The van der Waals surface area contributed by atoms with Gasteiger partial charge >= 0.3 is 0 Å². The summed E-state index contributed by atoms with van der Waals surface area (Å²) in [6.07, 6.45) is 4.83. The summed E-state index contributed by atoms with van der Waals surface area (Å²) in [5, 5.41) is 0.590. The molecule has 124 valence electrons. The molecule has 4 nitrogen and oxygen atoms in total. The van der Waals surface area contributed by atoms with Crippen LogP contribution in [-0.4, -0.2) is 42.1 Å². The Morgan fingerprint density at radius 3 is 2.71 bits per heavy atom. The number of fused-ring (bicyclic) bond motifs is 1. The number of aromatic nitrogens is 2. The standard InChI is InChI=1S/C18H17F2N3O/c1-23(2)6-7-24-18-17-14(8-13(19)9-16(17)20)15(11-22-18)12-4-3-5-21-10-12/h3-5,8-11H,6-7H2,1-2H3. The second-order valence-corrected chi connectivity index (χ2v) is 5.68. The van der Waals surface area contributed by atoms with E-state index in [9.17, 15) is 8.78 Å². The topological polar surface area (TPSA) is 38.2 Å². The minimum atomic E-state index is -0.692. The maximum Gasteiger partial charge on any atom is 0.224 e. The average molecular weight is 329 g/mol. The van der Waals surface area contributed by atoms with Crippen molar-refractivity contribution < 1.29 is 13.5 Å². The van der Waals surface area contributed by atoms with Gasteiger partial charge in [0.2, 0.25) is 5.88 Å². The van der Waals surface area contributed by atoms with Gasteiger partial charge in [-0.1, -0.05) is 6.07 Å². The van der Waals surface area contributed by atoms with Gasteiger partial charge in [0.15, 0.2) is 0 Å². The van der Waals surface area contributed by atoms with Crippen molar-refractivity contribution in [2.24, 2.45) is 0 Å². The van der Waals surface area contributed by atoms with Crippen molar-refractivity contribution in [1.29, 1.82) is 0 Å². The lowest BCUT2D eigenvalue weighted by Gasteiger charge is -2.14. The fourth-order valence-electron chi connectivity index (χ4n) is 2.45. The highest BCUT2D eigenvalue weighted by molar-refractivity contribution is 5.99. The van der Waals surface area contributed by atoms with Crippen LogP contribution in [-0.2, 0) is 0 Å². The molecule has 0 aliphatic heterocycles. The van der Waals surface area contributed by atoms with E-state index in [0.717, 1.165) is 11.6 Å². The number of benzene rings is 1. The Kier molecular flexibility index (Phi) is 4.66. The summed E-state index contributed by atoms with van der Waals surface area (Å²) < 4.78 is 33.8. The van der Waals surface area contributed by atoms with Gasteiger partial charge in [-0.2, -0.15) is 0 Å². The van der Waals surface area contributed by atoms with Gasteiger partial charge < -0.3 is 9.64 Å². The summed E-state index contributed by atoms with van der Waals surface area (Å²) in [4.78, 5) is 10.2. The summed E-state index contributed by atoms with van der Waals surface area (Å²) in [7, 11) is 3.83. The number of pyridine rings is 2. The van der Waals surface area contributed by atoms with Crippen LogP contribution in [0.25, 0.3) is 21.9 Å². The summed E-state index contributed by atoms with van der Waals surface area (Å²) in [6.45, 7) is 1.02. The van der Waals surface area contributed by atoms with Crippen LogP contribution in [0.3, 0.4) is 0 Å². The smallest absolute Gasteiger partial charge is 0.224 e. The van der Waals surface area contributed by atoms with Gasteiger partial charge in [-0.05, 0) is 26.2 Å². The molecule has 0 aliphatic rings. The van der Waals surface area contributed by atoms with Crippen LogP contribution < -0.4 is 4.74 Å². The summed E-state index contributed by atoms with van der Waals surface area (Å²) >= 11 is 0. The Balaban J connectivity index is 2.13. The molecule has 3 aromatic rings. The van der Waals surface area contributed by atoms with Crippen LogP contribution in [0.15, 0.2) is 42.9 Å². The average Bonchev–Trinajstić information content (AvgIpc) is 2.55. The van der Waals surface area contributed by atoms with Gasteiger partial charge in [-0.15, -0.1) is 0 Å². The third-order valence-electron chi connectivity index (χ3n) is 3.62. The Bertz CT molecular complexity index is 854. The van der Waals surface area contributed by atoms with Gasteiger partial charge in [0.25, 0.3) is 0 Å². The first-order valence-electron chi connectivity index (χ1n) is 7.52. The fraction of sp³-hybridized carbons (Fsp3) is 0.222. The molecule has 0 unspecified atom stereocenters. The summed E-state index contributed by atoms with van der Waals surface area (Å²) in [6, 6.07) is 5.72. The Hall–Kier alpha value is -2.60. The monoisotopic (exact) mass is 329 g/mol. The lowest BCUT2D eigenvalue weighted by Crippen LogP contribution is -2.19. The third-order valence-corrected chi connectivity index (χ3v) is 3.62. The molecule has 0 fully saturated rings. The van der Waals surface area contributed by atoms with Crippen molar-refractivity contribution in [3.05, 3.63) is 54.5 Å². The highest BCUT2D eigenvalue weighted by Gasteiger charge is 2.16. The Labute approximate surface area is 138 Å². The highest BCUT2D eigenvalue weighted by Crippen LogP contribution is 2.34. The quantitative estimate of drug-likeness (QED) is 0.718. The molecular formula is C18H17F2N3O. The van der Waals surface area contributed by atoms with Gasteiger partial charge in [0.1, 0.15) is 18.2 Å². The lowest BCUT2D eigenvalue weighted by atomic mass is 10.0. The predicted molar refractivity (Wildman–Crippen MR) is 88.9 cm³/mol. The van der Waals surface area contributed by atoms with Crippen LogP contribution >= 0.6 is 0 Å². The van der Waals surface area contributed by atoms with Crippen molar-refractivity contribution in [2.45, 2.75) is 0 Å². The molecule has 0 saturated heterocycles. The lowest BCUT2D eigenvalue weighted by molar-refractivity contribution is 0.256. The van der Waals surface area contributed by atoms with E-state index >= 15 is 0 Å². The first kappa shape index (κ1) is 16.3. The van der Waals surface area contributed by atoms with Crippen LogP contribution in [0.1, 0.15) is 0 Å². The predicted octanol–water partition coefficient (Wildman–Crippen LogP) is 3.52.